The van der Waals surface area contributed by atoms with E-state index in [1.165, 1.54) is 6.08 Å². The summed E-state index contributed by atoms with van der Waals surface area (Å²) in [5.74, 6) is 0.666. The summed E-state index contributed by atoms with van der Waals surface area (Å²) in [5, 5.41) is 0. The van der Waals surface area contributed by atoms with Crippen LogP contribution in [0.15, 0.2) is 30.3 Å². The molecule has 0 atom stereocenters. The molecule has 0 radical (unpaired) electrons. The van der Waals surface area contributed by atoms with E-state index in [4.69, 9.17) is 18.9 Å². The molecular weight excluding hydrogens is 532 g/mol. The first-order chi connectivity index (χ1) is 19.3. The predicted molar refractivity (Wildman–Crippen MR) is 167 cm³/mol. The molecule has 2 aromatic rings. The third-order valence-electron chi connectivity index (χ3n) is 6.35. The van der Waals surface area contributed by atoms with Gasteiger partial charge in [-0.3, -0.25) is 14.4 Å². The number of methoxy groups -OCH3 is 1. The molecular formula is C35H48O7. The maximum atomic E-state index is 13.3. The third-order valence-corrected chi connectivity index (χ3v) is 6.35. The van der Waals surface area contributed by atoms with Crippen molar-refractivity contribution in [1.82, 2.24) is 0 Å². The summed E-state index contributed by atoms with van der Waals surface area (Å²) >= 11 is 0. The number of carbonyl (C=O) groups excluding carboxylic acids is 3. The monoisotopic (exact) mass is 580 g/mol. The number of hydrogen-bond donors (Lipinski definition) is 0. The zero-order chi connectivity index (χ0) is 32.2. The zero-order valence-electron chi connectivity index (χ0n) is 27.6. The maximum absolute atomic E-state index is 13.3. The van der Waals surface area contributed by atoms with Crippen LogP contribution in [0.3, 0.4) is 0 Å². The van der Waals surface area contributed by atoms with Gasteiger partial charge in [-0.15, -0.1) is 0 Å². The molecule has 0 aliphatic heterocycles. The van der Waals surface area contributed by atoms with Crippen LogP contribution in [0.25, 0.3) is 6.08 Å². The summed E-state index contributed by atoms with van der Waals surface area (Å²) in [6.07, 6.45) is 2.89. The molecule has 0 unspecified atom stereocenters. The Bertz CT molecular complexity index is 1320. The normalized spacial score (nSPS) is 12.3. The zero-order valence-corrected chi connectivity index (χ0v) is 27.6. The first kappa shape index (κ1) is 34.6. The highest BCUT2D eigenvalue weighted by molar-refractivity contribution is 6.07. The van der Waals surface area contributed by atoms with Crippen molar-refractivity contribution < 1.29 is 33.3 Å². The molecule has 0 N–H and O–H groups in total. The van der Waals surface area contributed by atoms with E-state index in [9.17, 15) is 14.4 Å². The lowest BCUT2D eigenvalue weighted by Crippen LogP contribution is -2.27. The molecule has 0 aromatic heterocycles. The number of allylic oxidation sites excluding steroid dienone is 1. The number of hydrogen-bond acceptors (Lipinski definition) is 7. The molecule has 0 bridgehead atoms. The molecule has 2 aromatic carbocycles. The van der Waals surface area contributed by atoms with E-state index >= 15 is 0 Å². The van der Waals surface area contributed by atoms with Gasteiger partial charge in [0, 0.05) is 16.7 Å². The Morgan fingerprint density at radius 3 is 1.60 bits per heavy atom. The summed E-state index contributed by atoms with van der Waals surface area (Å²) in [4.78, 5) is 38.8. The van der Waals surface area contributed by atoms with Gasteiger partial charge in [-0.2, -0.15) is 0 Å². The molecule has 0 saturated heterocycles. The van der Waals surface area contributed by atoms with Crippen LogP contribution in [0, 0.1) is 10.8 Å². The fraction of sp³-hybridized carbons (Fsp3) is 0.514. The first-order valence-corrected chi connectivity index (χ1v) is 14.5. The van der Waals surface area contributed by atoms with E-state index in [1.807, 2.05) is 41.5 Å². The number of ketones is 1. The van der Waals surface area contributed by atoms with Gasteiger partial charge in [0.1, 0.15) is 23.0 Å². The standard InChI is InChI=1S/C35H48O7/c1-20(2)27-29(40-22(5)6)25(30(42-33(38)35(10,11)12)28(21(3)4)31(27)39-13)18-19-26(36)23-14-16-24(17-15-23)41-32(37)34(7,8)9/h14-22H,1-13H3. The van der Waals surface area contributed by atoms with Crippen LogP contribution < -0.4 is 18.9 Å². The van der Waals surface area contributed by atoms with Crippen molar-refractivity contribution in [2.75, 3.05) is 7.11 Å². The molecule has 7 nitrogen and oxygen atoms in total. The summed E-state index contributed by atoms with van der Waals surface area (Å²) in [5.41, 5.74) is 1.05. The molecule has 0 saturated carbocycles. The van der Waals surface area contributed by atoms with Gasteiger partial charge in [0.25, 0.3) is 0 Å². The van der Waals surface area contributed by atoms with Crippen LogP contribution in [-0.4, -0.2) is 30.9 Å². The van der Waals surface area contributed by atoms with Crippen molar-refractivity contribution in [3.63, 3.8) is 0 Å². The summed E-state index contributed by atoms with van der Waals surface area (Å²) in [6, 6.07) is 6.40. The molecule has 230 valence electrons. The molecule has 0 fully saturated rings. The minimum Gasteiger partial charge on any atom is -0.496 e. The van der Waals surface area contributed by atoms with Gasteiger partial charge < -0.3 is 18.9 Å². The molecule has 0 heterocycles. The van der Waals surface area contributed by atoms with E-state index in [0.717, 1.165) is 11.1 Å². The Morgan fingerprint density at radius 1 is 0.690 bits per heavy atom. The van der Waals surface area contributed by atoms with Crippen LogP contribution in [0.1, 0.15) is 122 Å². The van der Waals surface area contributed by atoms with Crippen LogP contribution in [0.4, 0.5) is 0 Å². The molecule has 7 heteroatoms. The fourth-order valence-corrected chi connectivity index (χ4v) is 4.09. The van der Waals surface area contributed by atoms with E-state index in [1.54, 1.807) is 79.0 Å². The van der Waals surface area contributed by atoms with Gasteiger partial charge in [-0.05, 0) is 104 Å². The van der Waals surface area contributed by atoms with Crippen LogP contribution in [-0.2, 0) is 9.59 Å². The largest absolute Gasteiger partial charge is 0.496 e. The highest BCUT2D eigenvalue weighted by Crippen LogP contribution is 2.50. The number of benzene rings is 2. The summed E-state index contributed by atoms with van der Waals surface area (Å²) in [7, 11) is 1.60. The lowest BCUT2D eigenvalue weighted by Gasteiger charge is -2.29. The smallest absolute Gasteiger partial charge is 0.316 e. The van der Waals surface area contributed by atoms with Crippen molar-refractivity contribution in [3.05, 3.63) is 52.6 Å². The van der Waals surface area contributed by atoms with Gasteiger partial charge >= 0.3 is 11.9 Å². The van der Waals surface area contributed by atoms with E-state index in [-0.39, 0.29) is 29.7 Å². The number of esters is 2. The second kappa shape index (κ2) is 13.6. The van der Waals surface area contributed by atoms with Crippen LogP contribution in [0.2, 0.25) is 0 Å². The molecule has 0 amide bonds. The van der Waals surface area contributed by atoms with E-state index in [0.29, 0.717) is 34.1 Å². The van der Waals surface area contributed by atoms with E-state index < -0.39 is 16.8 Å². The average Bonchev–Trinajstić information content (AvgIpc) is 2.86. The highest BCUT2D eigenvalue weighted by atomic mass is 16.5. The molecule has 0 aliphatic rings. The third kappa shape index (κ3) is 8.46. The van der Waals surface area contributed by atoms with Crippen LogP contribution in [0.5, 0.6) is 23.0 Å². The second-order valence-corrected chi connectivity index (χ2v) is 13.4. The van der Waals surface area contributed by atoms with E-state index in [2.05, 4.69) is 0 Å². The predicted octanol–water partition coefficient (Wildman–Crippen LogP) is 8.53. The van der Waals surface area contributed by atoms with Gasteiger partial charge in [0.05, 0.1) is 29.6 Å². The molecule has 0 aliphatic carbocycles. The van der Waals surface area contributed by atoms with Gasteiger partial charge in [0.2, 0.25) is 0 Å². The SMILES string of the molecule is COc1c(C(C)C)c(OC(=O)C(C)(C)C)c(C=CC(=O)c2ccc(OC(=O)C(C)(C)C)cc2)c(OC(C)C)c1C(C)C. The van der Waals surface area contributed by atoms with Crippen molar-refractivity contribution >= 4 is 23.8 Å². The van der Waals surface area contributed by atoms with Gasteiger partial charge in [-0.25, -0.2) is 0 Å². The Hall–Kier alpha value is -3.61. The average molecular weight is 581 g/mol. The number of ether oxygens (including phenoxy) is 4. The lowest BCUT2D eigenvalue weighted by atomic mass is 9.88. The summed E-state index contributed by atoms with van der Waals surface area (Å²) < 4.78 is 23.8. The quantitative estimate of drug-likeness (QED) is 0.120. The Kier molecular flexibility index (Phi) is 11.2. The fourth-order valence-electron chi connectivity index (χ4n) is 4.09. The van der Waals surface area contributed by atoms with Gasteiger partial charge in [-0.1, -0.05) is 27.7 Å². The van der Waals surface area contributed by atoms with Crippen molar-refractivity contribution in [2.45, 2.75) is 101 Å². The Labute approximate surface area is 251 Å². The summed E-state index contributed by atoms with van der Waals surface area (Å²) in [6.45, 7) is 22.6. The Morgan fingerprint density at radius 2 is 1.17 bits per heavy atom. The van der Waals surface area contributed by atoms with Crippen molar-refractivity contribution in [3.8, 4) is 23.0 Å². The lowest BCUT2D eigenvalue weighted by molar-refractivity contribution is -0.143. The second-order valence-electron chi connectivity index (χ2n) is 13.4. The molecule has 42 heavy (non-hydrogen) atoms. The van der Waals surface area contributed by atoms with Crippen molar-refractivity contribution in [2.24, 2.45) is 10.8 Å². The van der Waals surface area contributed by atoms with Crippen LogP contribution >= 0.6 is 0 Å². The minimum atomic E-state index is -0.772. The minimum absolute atomic E-state index is 0.00442. The topological polar surface area (TPSA) is 88.1 Å². The first-order valence-electron chi connectivity index (χ1n) is 14.5. The maximum Gasteiger partial charge on any atom is 0.316 e. The molecule has 0 spiro atoms. The number of rotatable bonds is 10. The molecule has 2 rings (SSSR count). The highest BCUT2D eigenvalue weighted by Gasteiger charge is 2.33. The Balaban J connectivity index is 2.75. The van der Waals surface area contributed by atoms with Crippen molar-refractivity contribution in [1.29, 1.82) is 0 Å². The van der Waals surface area contributed by atoms with Gasteiger partial charge in [0.15, 0.2) is 5.78 Å². The number of carbonyl (C=O) groups is 3.